The van der Waals surface area contributed by atoms with E-state index in [0.29, 0.717) is 18.4 Å². The van der Waals surface area contributed by atoms with E-state index in [2.05, 4.69) is 52.0 Å². The van der Waals surface area contributed by atoms with Crippen molar-refractivity contribution in [3.8, 4) is 5.88 Å². The lowest BCUT2D eigenvalue weighted by molar-refractivity contribution is 0.213. The third-order valence-electron chi connectivity index (χ3n) is 5.47. The van der Waals surface area contributed by atoms with Gasteiger partial charge in [0, 0.05) is 42.4 Å². The summed E-state index contributed by atoms with van der Waals surface area (Å²) in [7, 11) is 0. The van der Waals surface area contributed by atoms with Gasteiger partial charge in [0.15, 0.2) is 5.65 Å². The van der Waals surface area contributed by atoms with Gasteiger partial charge in [-0.2, -0.15) is 14.7 Å². The Morgan fingerprint density at radius 3 is 2.45 bits per heavy atom. The van der Waals surface area contributed by atoms with E-state index >= 15 is 0 Å². The molecule has 7 nitrogen and oxygen atoms in total. The Balaban J connectivity index is 1.35. The van der Waals surface area contributed by atoms with Crippen molar-refractivity contribution in [3.05, 3.63) is 41.3 Å². The van der Waals surface area contributed by atoms with Gasteiger partial charge in [0.1, 0.15) is 5.82 Å². The molecule has 0 aliphatic carbocycles. The molecule has 0 amide bonds. The minimum Gasteiger partial charge on any atom is -0.476 e. The fourth-order valence-corrected chi connectivity index (χ4v) is 3.75. The van der Waals surface area contributed by atoms with Crippen LogP contribution in [0, 0.1) is 19.8 Å². The molecule has 1 saturated heterocycles. The molecule has 0 atom stereocenters. The van der Waals surface area contributed by atoms with Gasteiger partial charge in [0.05, 0.1) is 18.0 Å². The molecule has 0 N–H and O–H groups in total. The van der Waals surface area contributed by atoms with Crippen LogP contribution in [0.25, 0.3) is 5.65 Å². The van der Waals surface area contributed by atoms with Crippen molar-refractivity contribution in [2.45, 2.75) is 52.9 Å². The Bertz CT molecular complexity index is 981. The Hall–Kier alpha value is -2.70. The van der Waals surface area contributed by atoms with Gasteiger partial charge >= 0.3 is 0 Å². The minimum absolute atomic E-state index is 0.00219. The van der Waals surface area contributed by atoms with Crippen LogP contribution in [-0.4, -0.2) is 44.5 Å². The maximum absolute atomic E-state index is 5.93. The number of rotatable bonds is 4. The molecule has 4 rings (SSSR count). The van der Waals surface area contributed by atoms with Crippen LogP contribution in [0.5, 0.6) is 5.88 Å². The van der Waals surface area contributed by atoms with E-state index in [0.717, 1.165) is 54.5 Å². The molecule has 1 aliphatic heterocycles. The topological polar surface area (TPSA) is 68.4 Å². The summed E-state index contributed by atoms with van der Waals surface area (Å²) in [6, 6.07) is 8.10. The number of anilines is 1. The summed E-state index contributed by atoms with van der Waals surface area (Å²) in [4.78, 5) is 7.00. The van der Waals surface area contributed by atoms with Crippen LogP contribution in [0.1, 0.15) is 50.7 Å². The maximum atomic E-state index is 5.93. The fourth-order valence-electron chi connectivity index (χ4n) is 3.75. The summed E-state index contributed by atoms with van der Waals surface area (Å²) < 4.78 is 7.89. The number of aryl methyl sites for hydroxylation is 2. The molecule has 0 radical (unpaired) electrons. The second kappa shape index (κ2) is 7.61. The van der Waals surface area contributed by atoms with Crippen LogP contribution in [0.15, 0.2) is 24.3 Å². The molecule has 1 fully saturated rings. The van der Waals surface area contributed by atoms with Gasteiger partial charge in [-0.1, -0.05) is 20.8 Å². The first-order valence-electron chi connectivity index (χ1n) is 10.4. The van der Waals surface area contributed by atoms with Crippen molar-refractivity contribution >= 4 is 11.5 Å². The van der Waals surface area contributed by atoms with E-state index in [-0.39, 0.29) is 5.41 Å². The number of fused-ring (bicyclic) bond motifs is 1. The molecule has 0 aromatic carbocycles. The van der Waals surface area contributed by atoms with Crippen molar-refractivity contribution in [3.63, 3.8) is 0 Å². The highest BCUT2D eigenvalue weighted by Gasteiger charge is 2.23. The van der Waals surface area contributed by atoms with Crippen molar-refractivity contribution in [1.29, 1.82) is 0 Å². The smallest absolute Gasteiger partial charge is 0.233 e. The highest BCUT2D eigenvalue weighted by atomic mass is 16.5. The number of hydrogen-bond acceptors (Lipinski definition) is 6. The first kappa shape index (κ1) is 19.6. The highest BCUT2D eigenvalue weighted by Crippen LogP contribution is 2.26. The lowest BCUT2D eigenvalue weighted by Crippen LogP contribution is -2.36. The zero-order valence-electron chi connectivity index (χ0n) is 18.0. The molecule has 29 heavy (non-hydrogen) atoms. The molecule has 0 unspecified atom stereocenters. The van der Waals surface area contributed by atoms with Crippen LogP contribution in [0.4, 0.5) is 5.82 Å². The number of piperidine rings is 1. The molecular weight excluding hydrogens is 364 g/mol. The molecule has 3 aromatic heterocycles. The summed E-state index contributed by atoms with van der Waals surface area (Å²) in [6.45, 7) is 13.1. The second-order valence-corrected chi connectivity index (χ2v) is 9.06. The van der Waals surface area contributed by atoms with Crippen LogP contribution in [0.2, 0.25) is 0 Å². The Morgan fingerprint density at radius 1 is 1.03 bits per heavy atom. The van der Waals surface area contributed by atoms with Crippen LogP contribution in [0.3, 0.4) is 0 Å². The highest BCUT2D eigenvalue weighted by molar-refractivity contribution is 5.52. The van der Waals surface area contributed by atoms with Gasteiger partial charge in [0.25, 0.3) is 0 Å². The van der Waals surface area contributed by atoms with Crippen LogP contribution < -0.4 is 9.64 Å². The summed E-state index contributed by atoms with van der Waals surface area (Å²) in [6.07, 6.45) is 2.16. The summed E-state index contributed by atoms with van der Waals surface area (Å²) >= 11 is 0. The third-order valence-corrected chi connectivity index (χ3v) is 5.47. The molecule has 154 valence electrons. The first-order chi connectivity index (χ1) is 13.8. The summed E-state index contributed by atoms with van der Waals surface area (Å²) in [5, 5.41) is 13.2. The first-order valence-corrected chi connectivity index (χ1v) is 10.4. The van der Waals surface area contributed by atoms with E-state index in [1.54, 1.807) is 0 Å². The lowest BCUT2D eigenvalue weighted by Gasteiger charge is -2.33. The van der Waals surface area contributed by atoms with Crippen LogP contribution in [-0.2, 0) is 5.41 Å². The molecule has 3 aromatic rings. The van der Waals surface area contributed by atoms with Gasteiger partial charge in [-0.3, -0.25) is 0 Å². The van der Waals surface area contributed by atoms with Gasteiger partial charge < -0.3 is 9.64 Å². The predicted molar refractivity (Wildman–Crippen MR) is 114 cm³/mol. The predicted octanol–water partition coefficient (Wildman–Crippen LogP) is 3.73. The molecule has 7 heteroatoms. The molecule has 1 aliphatic rings. The third kappa shape index (κ3) is 4.33. The van der Waals surface area contributed by atoms with Crippen LogP contribution >= 0.6 is 0 Å². The minimum atomic E-state index is 0.00219. The average Bonchev–Trinajstić information content (AvgIpc) is 3.05. The summed E-state index contributed by atoms with van der Waals surface area (Å²) in [5.74, 6) is 2.26. The zero-order chi connectivity index (χ0) is 20.6. The van der Waals surface area contributed by atoms with E-state index in [1.807, 2.05) is 36.6 Å². The van der Waals surface area contributed by atoms with Gasteiger partial charge in [-0.15, -0.1) is 5.10 Å². The largest absolute Gasteiger partial charge is 0.476 e. The van der Waals surface area contributed by atoms with E-state index in [9.17, 15) is 0 Å². The quantitative estimate of drug-likeness (QED) is 0.672. The molecule has 0 bridgehead atoms. The number of hydrogen-bond donors (Lipinski definition) is 0. The van der Waals surface area contributed by atoms with Gasteiger partial charge in [0.2, 0.25) is 5.88 Å². The van der Waals surface area contributed by atoms with Crippen molar-refractivity contribution in [2.24, 2.45) is 5.92 Å². The molecule has 4 heterocycles. The SMILES string of the molecule is Cc1cc(N2CCC(COc3ccc(C(C)(C)C)nn3)CC2)n2nc(C)cc2n1. The Kier molecular flexibility index (Phi) is 5.15. The standard InChI is InChI=1S/C22H30N6O/c1-15-13-21(28-19(23-15)12-16(2)26-28)27-10-8-17(9-11-27)14-29-20-7-6-18(24-25-20)22(3,4)5/h6-7,12-13,17H,8-11,14H2,1-5H3. The number of nitrogens with zero attached hydrogens (tertiary/aromatic N) is 6. The number of ether oxygens (including phenoxy) is 1. The second-order valence-electron chi connectivity index (χ2n) is 9.06. The molecule has 0 saturated carbocycles. The van der Waals surface area contributed by atoms with Crippen molar-refractivity contribution < 1.29 is 4.74 Å². The Labute approximate surface area is 172 Å². The molecule has 0 spiro atoms. The van der Waals surface area contributed by atoms with Crippen molar-refractivity contribution in [1.82, 2.24) is 24.8 Å². The lowest BCUT2D eigenvalue weighted by atomic mass is 9.92. The van der Waals surface area contributed by atoms with E-state index in [4.69, 9.17) is 4.74 Å². The normalized spacial score (nSPS) is 15.8. The van der Waals surface area contributed by atoms with Gasteiger partial charge in [-0.25, -0.2) is 4.98 Å². The van der Waals surface area contributed by atoms with Gasteiger partial charge in [-0.05, 0) is 38.7 Å². The summed E-state index contributed by atoms with van der Waals surface area (Å²) in [5.41, 5.74) is 3.91. The monoisotopic (exact) mass is 394 g/mol. The average molecular weight is 395 g/mol. The van der Waals surface area contributed by atoms with E-state index in [1.165, 1.54) is 0 Å². The number of aromatic nitrogens is 5. The fraction of sp³-hybridized carbons (Fsp3) is 0.545. The maximum Gasteiger partial charge on any atom is 0.233 e. The van der Waals surface area contributed by atoms with E-state index < -0.39 is 0 Å². The van der Waals surface area contributed by atoms with Crippen molar-refractivity contribution in [2.75, 3.05) is 24.6 Å². The zero-order valence-corrected chi connectivity index (χ0v) is 18.0. The Morgan fingerprint density at radius 2 is 1.79 bits per heavy atom. The molecular formula is C22H30N6O.